The van der Waals surface area contributed by atoms with Gasteiger partial charge in [0.1, 0.15) is 5.82 Å². The minimum Gasteiger partial charge on any atom is -0.353 e. The number of hydrogen-bond acceptors (Lipinski definition) is 5. The van der Waals surface area contributed by atoms with Gasteiger partial charge in [-0.25, -0.2) is 4.39 Å². The summed E-state index contributed by atoms with van der Waals surface area (Å²) in [6.45, 7) is 3.04. The molecule has 0 radical (unpaired) electrons. The number of aromatic nitrogens is 2. The van der Waals surface area contributed by atoms with Crippen molar-refractivity contribution in [3.63, 3.8) is 0 Å². The van der Waals surface area contributed by atoms with Crippen molar-refractivity contribution < 1.29 is 9.18 Å². The maximum Gasteiger partial charge on any atom is 0.231 e. The predicted octanol–water partition coefficient (Wildman–Crippen LogP) is 2.16. The van der Waals surface area contributed by atoms with Crippen LogP contribution in [0.5, 0.6) is 0 Å². The summed E-state index contributed by atoms with van der Waals surface area (Å²) in [5.41, 5.74) is 1.27. The molecule has 0 atom stereocenters. The van der Waals surface area contributed by atoms with E-state index in [0.29, 0.717) is 18.8 Å². The molecular weight excluding hydrogens is 333 g/mol. The molecule has 2 aliphatic rings. The fraction of sp³-hybridized carbons (Fsp3) is 0.421. The average molecular weight is 355 g/mol. The van der Waals surface area contributed by atoms with Crippen LogP contribution in [0.3, 0.4) is 0 Å². The molecule has 1 aromatic carbocycles. The van der Waals surface area contributed by atoms with Gasteiger partial charge in [0.15, 0.2) is 5.82 Å². The lowest BCUT2D eigenvalue weighted by atomic mass is 9.89. The lowest BCUT2D eigenvalue weighted by Gasteiger charge is -2.38. The first-order chi connectivity index (χ1) is 12.7. The molecule has 6 nitrogen and oxygen atoms in total. The Hall–Kier alpha value is -2.54. The van der Waals surface area contributed by atoms with Crippen molar-refractivity contribution in [3.05, 3.63) is 47.9 Å². The molecule has 3 heterocycles. The highest BCUT2D eigenvalue weighted by Gasteiger charge is 2.33. The molecule has 0 saturated carbocycles. The van der Waals surface area contributed by atoms with Crippen LogP contribution in [0.15, 0.2) is 36.5 Å². The molecule has 2 N–H and O–H groups in total. The van der Waals surface area contributed by atoms with E-state index in [9.17, 15) is 9.18 Å². The fourth-order valence-corrected chi connectivity index (χ4v) is 3.61. The summed E-state index contributed by atoms with van der Waals surface area (Å²) in [5.74, 6) is 0.593. The minimum absolute atomic E-state index is 0.0841. The van der Waals surface area contributed by atoms with Crippen LogP contribution in [0, 0.1) is 11.7 Å². The van der Waals surface area contributed by atoms with Crippen molar-refractivity contribution in [3.8, 4) is 0 Å². The van der Waals surface area contributed by atoms with Gasteiger partial charge in [-0.15, -0.1) is 5.10 Å². The molecule has 2 fully saturated rings. The summed E-state index contributed by atoms with van der Waals surface area (Å²) in [4.78, 5) is 14.4. The Morgan fingerprint density at radius 2 is 2.04 bits per heavy atom. The Kier molecular flexibility index (Phi) is 4.79. The third-order valence-electron chi connectivity index (χ3n) is 5.18. The Balaban J connectivity index is 1.34. The van der Waals surface area contributed by atoms with Gasteiger partial charge in [-0.2, -0.15) is 5.10 Å². The zero-order chi connectivity index (χ0) is 17.9. The van der Waals surface area contributed by atoms with Crippen molar-refractivity contribution >= 4 is 17.4 Å². The van der Waals surface area contributed by atoms with Crippen molar-refractivity contribution in [2.24, 2.45) is 5.92 Å². The first-order valence-electron chi connectivity index (χ1n) is 9.04. The zero-order valence-corrected chi connectivity index (χ0v) is 14.5. The van der Waals surface area contributed by atoms with E-state index < -0.39 is 0 Å². The van der Waals surface area contributed by atoms with E-state index in [1.54, 1.807) is 12.3 Å². The van der Waals surface area contributed by atoms with Crippen molar-refractivity contribution in [1.29, 1.82) is 0 Å². The SMILES string of the molecule is O=C(Nc1ccc(C2CCNCC2)c(F)c1)C1CN(c2cccnn2)C1. The van der Waals surface area contributed by atoms with E-state index in [1.807, 2.05) is 23.1 Å². The topological polar surface area (TPSA) is 70.2 Å². The smallest absolute Gasteiger partial charge is 0.231 e. The number of hydrogen-bond donors (Lipinski definition) is 2. The molecule has 1 aromatic heterocycles. The summed E-state index contributed by atoms with van der Waals surface area (Å²) < 4.78 is 14.5. The molecule has 0 unspecified atom stereocenters. The van der Waals surface area contributed by atoms with Crippen molar-refractivity contribution in [2.45, 2.75) is 18.8 Å². The number of anilines is 2. The standard InChI is InChI=1S/C19H22FN5O/c20-17-10-15(3-4-16(17)13-5-8-21-9-6-13)23-19(26)14-11-25(12-14)18-2-1-7-22-24-18/h1-4,7,10,13-14,21H,5-6,8-9,11-12H2,(H,23,26). The molecular formula is C19H22FN5O. The van der Waals surface area contributed by atoms with Crippen LogP contribution >= 0.6 is 0 Å². The van der Waals surface area contributed by atoms with E-state index in [2.05, 4.69) is 20.8 Å². The molecule has 1 amide bonds. The molecule has 2 saturated heterocycles. The third-order valence-corrected chi connectivity index (χ3v) is 5.18. The number of carbonyl (C=O) groups is 1. The van der Waals surface area contributed by atoms with Gasteiger partial charge in [0.05, 0.1) is 5.92 Å². The van der Waals surface area contributed by atoms with Crippen LogP contribution in [0.25, 0.3) is 0 Å². The Labute approximate surface area is 151 Å². The first kappa shape index (κ1) is 16.9. The number of carbonyl (C=O) groups excluding carboxylic acids is 1. The lowest BCUT2D eigenvalue weighted by molar-refractivity contribution is -0.120. The third kappa shape index (κ3) is 3.53. The van der Waals surface area contributed by atoms with Crippen molar-refractivity contribution in [2.75, 3.05) is 36.4 Å². The van der Waals surface area contributed by atoms with Crippen LogP contribution in [-0.4, -0.2) is 42.3 Å². The molecule has 26 heavy (non-hydrogen) atoms. The van der Waals surface area contributed by atoms with Crippen LogP contribution in [-0.2, 0) is 4.79 Å². The van der Waals surface area contributed by atoms with Crippen LogP contribution in [0.2, 0.25) is 0 Å². The Morgan fingerprint density at radius 1 is 1.23 bits per heavy atom. The zero-order valence-electron chi connectivity index (χ0n) is 14.5. The lowest BCUT2D eigenvalue weighted by Crippen LogP contribution is -2.52. The second-order valence-electron chi connectivity index (χ2n) is 6.93. The molecule has 2 aromatic rings. The summed E-state index contributed by atoms with van der Waals surface area (Å²) >= 11 is 0. The maximum atomic E-state index is 14.5. The normalized spacial score (nSPS) is 18.4. The van der Waals surface area contributed by atoms with E-state index in [4.69, 9.17) is 0 Å². The van der Waals surface area contributed by atoms with Gasteiger partial charge >= 0.3 is 0 Å². The van der Waals surface area contributed by atoms with Crippen LogP contribution in [0.1, 0.15) is 24.3 Å². The molecule has 136 valence electrons. The number of nitrogens with one attached hydrogen (secondary N) is 2. The molecule has 0 aliphatic carbocycles. The van der Waals surface area contributed by atoms with Gasteiger partial charge in [-0.1, -0.05) is 6.07 Å². The van der Waals surface area contributed by atoms with E-state index >= 15 is 0 Å². The van der Waals surface area contributed by atoms with Gasteiger partial charge in [-0.05, 0) is 61.7 Å². The number of halogens is 1. The minimum atomic E-state index is -0.232. The summed E-state index contributed by atoms with van der Waals surface area (Å²) in [6.07, 6.45) is 3.52. The second kappa shape index (κ2) is 7.37. The Bertz CT molecular complexity index is 773. The molecule has 2 aliphatic heterocycles. The molecule has 4 rings (SSSR count). The summed E-state index contributed by atoms with van der Waals surface area (Å²) in [6, 6.07) is 8.75. The highest BCUT2D eigenvalue weighted by atomic mass is 19.1. The predicted molar refractivity (Wildman–Crippen MR) is 97.6 cm³/mol. The van der Waals surface area contributed by atoms with Crippen LogP contribution in [0.4, 0.5) is 15.9 Å². The number of piperidine rings is 1. The van der Waals surface area contributed by atoms with Crippen molar-refractivity contribution in [1.82, 2.24) is 15.5 Å². The fourth-order valence-electron chi connectivity index (χ4n) is 3.61. The monoisotopic (exact) mass is 355 g/mol. The molecule has 0 spiro atoms. The van der Waals surface area contributed by atoms with Gasteiger partial charge in [-0.3, -0.25) is 4.79 Å². The largest absolute Gasteiger partial charge is 0.353 e. The highest BCUT2D eigenvalue weighted by Crippen LogP contribution is 2.29. The molecule has 7 heteroatoms. The number of rotatable bonds is 4. The number of amides is 1. The highest BCUT2D eigenvalue weighted by molar-refractivity contribution is 5.94. The molecule has 0 bridgehead atoms. The quantitative estimate of drug-likeness (QED) is 0.880. The van der Waals surface area contributed by atoms with Gasteiger partial charge < -0.3 is 15.5 Å². The van der Waals surface area contributed by atoms with Gasteiger partial charge in [0.2, 0.25) is 5.91 Å². The maximum absolute atomic E-state index is 14.5. The number of nitrogens with zero attached hydrogens (tertiary/aromatic N) is 3. The Morgan fingerprint density at radius 3 is 2.73 bits per heavy atom. The average Bonchev–Trinajstić information content (AvgIpc) is 2.62. The summed E-state index contributed by atoms with van der Waals surface area (Å²) in [5, 5.41) is 14.0. The van der Waals surface area contributed by atoms with E-state index in [1.165, 1.54) is 6.07 Å². The first-order valence-corrected chi connectivity index (χ1v) is 9.04. The summed E-state index contributed by atoms with van der Waals surface area (Å²) in [7, 11) is 0. The second-order valence-corrected chi connectivity index (χ2v) is 6.93. The van der Waals surface area contributed by atoms with E-state index in [-0.39, 0.29) is 23.6 Å². The van der Waals surface area contributed by atoms with E-state index in [0.717, 1.165) is 37.3 Å². The van der Waals surface area contributed by atoms with Gasteiger partial charge in [0, 0.05) is 25.0 Å². The number of benzene rings is 1. The van der Waals surface area contributed by atoms with Gasteiger partial charge in [0.25, 0.3) is 0 Å². The van der Waals surface area contributed by atoms with Crippen LogP contribution < -0.4 is 15.5 Å².